The second-order valence-electron chi connectivity index (χ2n) is 5.86. The molecule has 4 rings (SSSR count). The average molecular weight is 359 g/mol. The first-order valence-electron chi connectivity index (χ1n) is 8.25. The number of benzene rings is 1. The first-order valence-corrected chi connectivity index (χ1v) is 8.25. The number of hydrogen-bond acceptors (Lipinski definition) is 8. The minimum absolute atomic E-state index is 0.224. The zero-order valence-corrected chi connectivity index (χ0v) is 14.4. The summed E-state index contributed by atoms with van der Waals surface area (Å²) in [7, 11) is 0. The van der Waals surface area contributed by atoms with Gasteiger partial charge in [0.2, 0.25) is 5.88 Å². The van der Waals surface area contributed by atoms with E-state index in [4.69, 9.17) is 16.3 Å². The van der Waals surface area contributed by atoms with Crippen molar-refractivity contribution in [2.24, 2.45) is 5.84 Å². The van der Waals surface area contributed by atoms with Crippen molar-refractivity contribution in [2.75, 3.05) is 10.7 Å². The van der Waals surface area contributed by atoms with E-state index < -0.39 is 0 Å². The molecule has 8 heteroatoms. The Morgan fingerprint density at radius 2 is 1.85 bits per heavy atom. The smallest absolute Gasteiger partial charge is 0.240 e. The van der Waals surface area contributed by atoms with Crippen LogP contribution < -0.4 is 21.3 Å². The van der Waals surface area contributed by atoms with E-state index >= 15 is 0 Å². The van der Waals surface area contributed by atoms with Crippen molar-refractivity contribution in [3.8, 4) is 11.6 Å². The SMILES string of the molecule is Nc1ncc(Oc2ccncc2)nc1N(N)Cc1ccc2ncccc2c1. The lowest BCUT2D eigenvalue weighted by Crippen LogP contribution is -2.32. The summed E-state index contributed by atoms with van der Waals surface area (Å²) in [4.78, 5) is 16.8. The number of aromatic nitrogens is 4. The number of ether oxygens (including phenoxy) is 1. The maximum absolute atomic E-state index is 6.20. The first-order chi connectivity index (χ1) is 13.2. The Bertz CT molecular complexity index is 1070. The van der Waals surface area contributed by atoms with Crippen molar-refractivity contribution in [1.29, 1.82) is 0 Å². The van der Waals surface area contributed by atoms with Crippen molar-refractivity contribution in [1.82, 2.24) is 19.9 Å². The van der Waals surface area contributed by atoms with E-state index in [0.717, 1.165) is 16.5 Å². The normalized spacial score (nSPS) is 10.7. The van der Waals surface area contributed by atoms with Crippen molar-refractivity contribution in [3.05, 3.63) is 72.8 Å². The van der Waals surface area contributed by atoms with Crippen molar-refractivity contribution in [2.45, 2.75) is 6.54 Å². The number of nitrogens with two attached hydrogens (primary N) is 2. The number of nitrogen functional groups attached to an aromatic ring is 1. The highest BCUT2D eigenvalue weighted by Gasteiger charge is 2.13. The average Bonchev–Trinajstić information content (AvgIpc) is 2.70. The van der Waals surface area contributed by atoms with Gasteiger partial charge >= 0.3 is 0 Å². The van der Waals surface area contributed by atoms with Crippen LogP contribution >= 0.6 is 0 Å². The maximum atomic E-state index is 6.20. The molecule has 134 valence electrons. The standard InChI is InChI=1S/C19H17N7O/c20-18-19(25-17(11-24-18)27-15-5-8-22-9-6-15)26(21)12-13-3-4-16-14(10-13)2-1-7-23-16/h1-11H,12,21H2,(H2,20,24). The number of hydrazine groups is 1. The van der Waals surface area contributed by atoms with Gasteiger partial charge in [0, 0.05) is 24.0 Å². The highest BCUT2D eigenvalue weighted by molar-refractivity contribution is 5.79. The molecule has 0 saturated carbocycles. The summed E-state index contributed by atoms with van der Waals surface area (Å²) >= 11 is 0. The van der Waals surface area contributed by atoms with Crippen LogP contribution in [0.5, 0.6) is 11.6 Å². The maximum Gasteiger partial charge on any atom is 0.240 e. The molecule has 4 aromatic rings. The zero-order valence-electron chi connectivity index (χ0n) is 14.4. The molecule has 0 bridgehead atoms. The van der Waals surface area contributed by atoms with Gasteiger partial charge in [-0.1, -0.05) is 12.1 Å². The Hall–Kier alpha value is -3.78. The quantitative estimate of drug-likeness (QED) is 0.413. The Morgan fingerprint density at radius 1 is 1.00 bits per heavy atom. The molecule has 8 nitrogen and oxygen atoms in total. The highest BCUT2D eigenvalue weighted by Crippen LogP contribution is 2.24. The second-order valence-corrected chi connectivity index (χ2v) is 5.86. The van der Waals surface area contributed by atoms with Gasteiger partial charge in [-0.25, -0.2) is 10.8 Å². The molecular formula is C19H17N7O. The molecule has 0 amide bonds. The molecule has 0 saturated heterocycles. The number of fused-ring (bicyclic) bond motifs is 1. The van der Waals surface area contributed by atoms with E-state index in [0.29, 0.717) is 24.0 Å². The van der Waals surface area contributed by atoms with Gasteiger partial charge < -0.3 is 10.5 Å². The molecular weight excluding hydrogens is 342 g/mol. The predicted molar refractivity (Wildman–Crippen MR) is 103 cm³/mol. The fourth-order valence-electron chi connectivity index (χ4n) is 2.66. The van der Waals surface area contributed by atoms with E-state index in [1.54, 1.807) is 30.7 Å². The molecule has 0 aliphatic carbocycles. The fraction of sp³-hybridized carbons (Fsp3) is 0.0526. The van der Waals surface area contributed by atoms with Crippen LogP contribution in [0, 0.1) is 0 Å². The summed E-state index contributed by atoms with van der Waals surface area (Å²) in [5.74, 6) is 7.66. The molecule has 0 spiro atoms. The van der Waals surface area contributed by atoms with Crippen LogP contribution in [0.25, 0.3) is 10.9 Å². The minimum Gasteiger partial charge on any atom is -0.437 e. The predicted octanol–water partition coefficient (Wildman–Crippen LogP) is 2.67. The van der Waals surface area contributed by atoms with E-state index in [1.165, 1.54) is 11.2 Å². The lowest BCUT2D eigenvalue weighted by Gasteiger charge is -2.19. The van der Waals surface area contributed by atoms with Crippen LogP contribution in [0.1, 0.15) is 5.56 Å². The summed E-state index contributed by atoms with van der Waals surface area (Å²) in [5, 5.41) is 2.48. The highest BCUT2D eigenvalue weighted by atomic mass is 16.5. The summed E-state index contributed by atoms with van der Waals surface area (Å²) in [6, 6.07) is 13.3. The third-order valence-corrected chi connectivity index (χ3v) is 3.92. The third-order valence-electron chi connectivity index (χ3n) is 3.92. The summed E-state index contributed by atoms with van der Waals surface area (Å²) in [6.45, 7) is 0.405. The minimum atomic E-state index is 0.224. The van der Waals surface area contributed by atoms with Gasteiger partial charge in [-0.05, 0) is 35.9 Å². The van der Waals surface area contributed by atoms with Gasteiger partial charge in [0.15, 0.2) is 11.6 Å². The zero-order chi connectivity index (χ0) is 18.6. The van der Waals surface area contributed by atoms with Crippen LogP contribution in [0.3, 0.4) is 0 Å². The van der Waals surface area contributed by atoms with E-state index in [1.807, 2.05) is 30.3 Å². The molecule has 1 aromatic carbocycles. The molecule has 27 heavy (non-hydrogen) atoms. The lowest BCUT2D eigenvalue weighted by atomic mass is 10.1. The van der Waals surface area contributed by atoms with Crippen molar-refractivity contribution in [3.63, 3.8) is 0 Å². The molecule has 0 radical (unpaired) electrons. The van der Waals surface area contributed by atoms with Crippen LogP contribution in [0.4, 0.5) is 11.6 Å². The van der Waals surface area contributed by atoms with Gasteiger partial charge in [0.05, 0.1) is 18.3 Å². The van der Waals surface area contributed by atoms with Crippen LogP contribution in [0.2, 0.25) is 0 Å². The molecule has 0 atom stereocenters. The Labute approximate surface area is 155 Å². The third kappa shape index (κ3) is 3.75. The lowest BCUT2D eigenvalue weighted by molar-refractivity contribution is 0.459. The number of anilines is 2. The van der Waals surface area contributed by atoms with Gasteiger partial charge in [-0.3, -0.25) is 15.0 Å². The van der Waals surface area contributed by atoms with Gasteiger partial charge in [0.25, 0.3) is 0 Å². The molecule has 3 aromatic heterocycles. The summed E-state index contributed by atoms with van der Waals surface area (Å²) in [6.07, 6.45) is 6.48. The molecule has 0 unspecified atom stereocenters. The first kappa shape index (κ1) is 16.7. The number of pyridine rings is 2. The monoisotopic (exact) mass is 359 g/mol. The van der Waals surface area contributed by atoms with Crippen molar-refractivity contribution >= 4 is 22.5 Å². The number of hydrogen-bond donors (Lipinski definition) is 2. The molecule has 0 fully saturated rings. The summed E-state index contributed by atoms with van der Waals surface area (Å²) < 4.78 is 5.67. The Balaban J connectivity index is 1.56. The number of rotatable bonds is 5. The van der Waals surface area contributed by atoms with E-state index in [2.05, 4.69) is 19.9 Å². The largest absolute Gasteiger partial charge is 0.437 e. The topological polar surface area (TPSA) is 116 Å². The Morgan fingerprint density at radius 3 is 2.70 bits per heavy atom. The van der Waals surface area contributed by atoms with Gasteiger partial charge in [0.1, 0.15) is 5.75 Å². The second kappa shape index (κ2) is 7.22. The molecule has 3 heterocycles. The van der Waals surface area contributed by atoms with Gasteiger partial charge in [-0.2, -0.15) is 4.98 Å². The van der Waals surface area contributed by atoms with E-state index in [-0.39, 0.29) is 5.82 Å². The molecule has 0 aliphatic heterocycles. The van der Waals surface area contributed by atoms with Crippen LogP contribution in [0.15, 0.2) is 67.3 Å². The molecule has 4 N–H and O–H groups in total. The van der Waals surface area contributed by atoms with Crippen molar-refractivity contribution < 1.29 is 4.74 Å². The Kier molecular flexibility index (Phi) is 4.46. The van der Waals surface area contributed by atoms with Crippen LogP contribution in [-0.4, -0.2) is 19.9 Å². The number of nitrogens with zero attached hydrogens (tertiary/aromatic N) is 5. The fourth-order valence-corrected chi connectivity index (χ4v) is 2.66. The van der Waals surface area contributed by atoms with Crippen LogP contribution in [-0.2, 0) is 6.54 Å². The van der Waals surface area contributed by atoms with E-state index in [9.17, 15) is 0 Å². The molecule has 0 aliphatic rings. The van der Waals surface area contributed by atoms with Gasteiger partial charge in [-0.15, -0.1) is 0 Å². The summed E-state index contributed by atoms with van der Waals surface area (Å²) in [5.41, 5.74) is 7.88.